The molecular weight excluding hydrogens is 352 g/mol. The summed E-state index contributed by atoms with van der Waals surface area (Å²) in [5, 5.41) is 1.04. The lowest BCUT2D eigenvalue weighted by Crippen LogP contribution is -2.52. The molecule has 2 amide bonds. The fourth-order valence-electron chi connectivity index (χ4n) is 4.71. The molecule has 1 saturated carbocycles. The minimum absolute atomic E-state index is 0.00730. The van der Waals surface area contributed by atoms with E-state index in [1.54, 1.807) is 0 Å². The summed E-state index contributed by atoms with van der Waals surface area (Å²) in [6.07, 6.45) is 6.29. The number of fused-ring (bicyclic) bond motifs is 1. The quantitative estimate of drug-likeness (QED) is 0.853. The number of nitrogens with two attached hydrogens (primary N) is 1. The highest BCUT2D eigenvalue weighted by molar-refractivity contribution is 5.98. The lowest BCUT2D eigenvalue weighted by molar-refractivity contribution is -0.135. The second-order valence-corrected chi connectivity index (χ2v) is 8.38. The first-order valence-electron chi connectivity index (χ1n) is 10.5. The fourth-order valence-corrected chi connectivity index (χ4v) is 4.71. The van der Waals surface area contributed by atoms with Crippen LogP contribution in [0.4, 0.5) is 0 Å². The van der Waals surface area contributed by atoms with Crippen molar-refractivity contribution < 1.29 is 9.59 Å². The van der Waals surface area contributed by atoms with Gasteiger partial charge in [-0.1, -0.05) is 37.5 Å². The molecule has 0 atom stereocenters. The van der Waals surface area contributed by atoms with Gasteiger partial charge in [0.2, 0.25) is 5.91 Å². The topological polar surface area (TPSA) is 82.4 Å². The van der Waals surface area contributed by atoms with E-state index in [0.29, 0.717) is 44.8 Å². The molecule has 2 aliphatic rings. The third-order valence-electron chi connectivity index (χ3n) is 6.55. The van der Waals surface area contributed by atoms with Gasteiger partial charge in [-0.25, -0.2) is 0 Å². The minimum atomic E-state index is -0.00730. The van der Waals surface area contributed by atoms with Crippen LogP contribution in [-0.4, -0.2) is 59.3 Å². The van der Waals surface area contributed by atoms with Crippen molar-refractivity contribution in [2.45, 2.75) is 38.5 Å². The number of piperazine rings is 1. The number of carbonyl (C=O) groups is 2. The van der Waals surface area contributed by atoms with Crippen LogP contribution in [0.25, 0.3) is 10.9 Å². The van der Waals surface area contributed by atoms with Gasteiger partial charge in [0.25, 0.3) is 5.91 Å². The number of hydrogen-bond donors (Lipinski definition) is 2. The molecule has 2 aromatic rings. The molecule has 6 heteroatoms. The predicted octanol–water partition coefficient (Wildman–Crippen LogP) is 2.75. The molecule has 0 bridgehead atoms. The van der Waals surface area contributed by atoms with Crippen LogP contribution in [0.1, 0.15) is 49.0 Å². The number of H-pyrrole nitrogens is 1. The number of aromatic amines is 1. The Kier molecular flexibility index (Phi) is 5.40. The van der Waals surface area contributed by atoms with Crippen LogP contribution in [0.3, 0.4) is 0 Å². The van der Waals surface area contributed by atoms with Crippen LogP contribution in [0.5, 0.6) is 0 Å². The van der Waals surface area contributed by atoms with Crippen molar-refractivity contribution in [3.63, 3.8) is 0 Å². The molecule has 28 heavy (non-hydrogen) atoms. The van der Waals surface area contributed by atoms with Gasteiger partial charge in [-0.3, -0.25) is 9.59 Å². The Bertz CT molecular complexity index is 812. The summed E-state index contributed by atoms with van der Waals surface area (Å²) in [7, 11) is 0. The van der Waals surface area contributed by atoms with Gasteiger partial charge in [-0.15, -0.1) is 0 Å². The molecule has 0 unspecified atom stereocenters. The van der Waals surface area contributed by atoms with Gasteiger partial charge < -0.3 is 20.5 Å². The van der Waals surface area contributed by atoms with Crippen molar-refractivity contribution in [2.75, 3.05) is 32.7 Å². The number of para-hydroxylation sites is 1. The average Bonchev–Trinajstić information content (AvgIpc) is 3.18. The summed E-state index contributed by atoms with van der Waals surface area (Å²) < 4.78 is 0. The number of aromatic nitrogens is 1. The molecule has 2 heterocycles. The standard InChI is InChI=1S/C22H30N4O2/c23-16-22(8-4-1-5-9-22)15-20(27)25-10-12-26(13-11-25)21(28)19-14-17-6-2-3-7-18(17)24-19/h2-3,6-7,14,24H,1,4-5,8-13,15-16,23H2. The zero-order chi connectivity index (χ0) is 19.6. The van der Waals surface area contributed by atoms with E-state index in [-0.39, 0.29) is 17.2 Å². The van der Waals surface area contributed by atoms with E-state index in [1.807, 2.05) is 40.1 Å². The molecule has 0 radical (unpaired) electrons. The van der Waals surface area contributed by atoms with Gasteiger partial charge in [0.15, 0.2) is 0 Å². The Morgan fingerprint density at radius 1 is 1.00 bits per heavy atom. The molecule has 150 valence electrons. The maximum Gasteiger partial charge on any atom is 0.270 e. The van der Waals surface area contributed by atoms with E-state index in [4.69, 9.17) is 5.73 Å². The van der Waals surface area contributed by atoms with Crippen molar-refractivity contribution in [3.05, 3.63) is 36.0 Å². The Morgan fingerprint density at radius 3 is 2.36 bits per heavy atom. The number of amides is 2. The highest BCUT2D eigenvalue weighted by Gasteiger charge is 2.35. The van der Waals surface area contributed by atoms with E-state index in [1.165, 1.54) is 19.3 Å². The van der Waals surface area contributed by atoms with Crippen molar-refractivity contribution in [2.24, 2.45) is 11.1 Å². The Morgan fingerprint density at radius 2 is 1.68 bits per heavy atom. The minimum Gasteiger partial charge on any atom is -0.351 e. The summed E-state index contributed by atoms with van der Waals surface area (Å²) in [5.41, 5.74) is 7.63. The van der Waals surface area contributed by atoms with Crippen molar-refractivity contribution in [3.8, 4) is 0 Å². The summed E-state index contributed by atoms with van der Waals surface area (Å²) in [5.74, 6) is 0.207. The van der Waals surface area contributed by atoms with Crippen LogP contribution in [0.15, 0.2) is 30.3 Å². The van der Waals surface area contributed by atoms with Crippen molar-refractivity contribution in [1.29, 1.82) is 0 Å². The molecular formula is C22H30N4O2. The number of hydrogen-bond acceptors (Lipinski definition) is 3. The summed E-state index contributed by atoms with van der Waals surface area (Å²) in [4.78, 5) is 32.7. The first-order chi connectivity index (χ1) is 13.6. The molecule has 1 aliphatic carbocycles. The van der Waals surface area contributed by atoms with Crippen LogP contribution in [0, 0.1) is 5.41 Å². The maximum absolute atomic E-state index is 12.9. The van der Waals surface area contributed by atoms with Gasteiger partial charge in [0.05, 0.1) is 0 Å². The van der Waals surface area contributed by atoms with E-state index in [9.17, 15) is 9.59 Å². The van der Waals surface area contributed by atoms with E-state index in [0.717, 1.165) is 23.7 Å². The predicted molar refractivity (Wildman–Crippen MR) is 110 cm³/mol. The van der Waals surface area contributed by atoms with Gasteiger partial charge in [0.1, 0.15) is 5.69 Å². The zero-order valence-corrected chi connectivity index (χ0v) is 16.5. The monoisotopic (exact) mass is 382 g/mol. The summed E-state index contributed by atoms with van der Waals surface area (Å²) >= 11 is 0. The summed E-state index contributed by atoms with van der Waals surface area (Å²) in [6, 6.07) is 9.80. The molecule has 6 nitrogen and oxygen atoms in total. The molecule has 3 N–H and O–H groups in total. The molecule has 2 fully saturated rings. The fraction of sp³-hybridized carbons (Fsp3) is 0.545. The van der Waals surface area contributed by atoms with E-state index >= 15 is 0 Å². The van der Waals surface area contributed by atoms with Gasteiger partial charge in [-0.2, -0.15) is 0 Å². The van der Waals surface area contributed by atoms with Gasteiger partial charge >= 0.3 is 0 Å². The molecule has 1 saturated heterocycles. The highest BCUT2D eigenvalue weighted by atomic mass is 16.2. The SMILES string of the molecule is NCC1(CC(=O)N2CCN(C(=O)c3cc4ccccc4[nH]3)CC2)CCCCC1. The molecule has 1 aromatic heterocycles. The van der Waals surface area contributed by atoms with Gasteiger partial charge in [0, 0.05) is 43.5 Å². The Balaban J connectivity index is 1.34. The normalized spacial score (nSPS) is 19.8. The van der Waals surface area contributed by atoms with Gasteiger partial charge in [-0.05, 0) is 36.9 Å². The van der Waals surface area contributed by atoms with Crippen molar-refractivity contribution in [1.82, 2.24) is 14.8 Å². The van der Waals surface area contributed by atoms with Crippen LogP contribution < -0.4 is 5.73 Å². The number of nitrogens with one attached hydrogen (secondary N) is 1. The Hall–Kier alpha value is -2.34. The highest BCUT2D eigenvalue weighted by Crippen LogP contribution is 2.38. The number of benzene rings is 1. The number of nitrogens with zero attached hydrogens (tertiary/aromatic N) is 2. The lowest BCUT2D eigenvalue weighted by Gasteiger charge is -2.39. The van der Waals surface area contributed by atoms with E-state index < -0.39 is 0 Å². The first-order valence-corrected chi connectivity index (χ1v) is 10.5. The smallest absolute Gasteiger partial charge is 0.270 e. The third-order valence-corrected chi connectivity index (χ3v) is 6.55. The molecule has 4 rings (SSSR count). The average molecular weight is 383 g/mol. The third kappa shape index (κ3) is 3.78. The Labute approximate surface area is 166 Å². The second-order valence-electron chi connectivity index (χ2n) is 8.38. The van der Waals surface area contributed by atoms with Crippen LogP contribution in [-0.2, 0) is 4.79 Å². The zero-order valence-electron chi connectivity index (χ0n) is 16.5. The summed E-state index contributed by atoms with van der Waals surface area (Å²) in [6.45, 7) is 2.96. The molecule has 0 spiro atoms. The van der Waals surface area contributed by atoms with Crippen molar-refractivity contribution >= 4 is 22.7 Å². The van der Waals surface area contributed by atoms with Crippen LogP contribution in [0.2, 0.25) is 0 Å². The van der Waals surface area contributed by atoms with E-state index in [2.05, 4.69) is 4.98 Å². The molecule has 1 aliphatic heterocycles. The molecule has 1 aromatic carbocycles. The van der Waals surface area contributed by atoms with Crippen LogP contribution >= 0.6 is 0 Å². The lowest BCUT2D eigenvalue weighted by atomic mass is 9.71. The maximum atomic E-state index is 12.9. The second kappa shape index (κ2) is 7.95. The number of rotatable bonds is 4. The first kappa shape index (κ1) is 19.0. The number of carbonyl (C=O) groups excluding carboxylic acids is 2. The largest absolute Gasteiger partial charge is 0.351 e.